The lowest BCUT2D eigenvalue weighted by molar-refractivity contribution is -0.117. The fraction of sp³-hybridized carbons (Fsp3) is 0.500. The quantitative estimate of drug-likeness (QED) is 0.801. The summed E-state index contributed by atoms with van der Waals surface area (Å²) < 4.78 is 0. The Balaban J connectivity index is 1.85. The molecule has 0 atom stereocenters. The van der Waals surface area contributed by atoms with Gasteiger partial charge in [-0.05, 0) is 18.8 Å². The van der Waals surface area contributed by atoms with Crippen molar-refractivity contribution in [1.29, 1.82) is 0 Å². The first-order valence-electron chi connectivity index (χ1n) is 5.63. The molecule has 0 radical (unpaired) electrons. The molecule has 1 fully saturated rings. The number of aliphatic hydroxyl groups excluding tert-OH is 1. The number of hydrogen-bond donors (Lipinski definition) is 2. The zero-order chi connectivity index (χ0) is 12.1. The molecule has 4 nitrogen and oxygen atoms in total. The van der Waals surface area contributed by atoms with Crippen molar-refractivity contribution in [2.45, 2.75) is 25.7 Å². The second kappa shape index (κ2) is 5.80. The molecule has 0 saturated heterocycles. The third-order valence-corrected chi connectivity index (χ3v) is 3.57. The minimum Gasteiger partial charge on any atom is -0.384 e. The molecule has 2 rings (SSSR count). The van der Waals surface area contributed by atoms with E-state index in [2.05, 4.69) is 22.1 Å². The third kappa shape index (κ3) is 3.55. The molecule has 1 aliphatic carbocycles. The Bertz CT molecular complexity index is 455. The zero-order valence-corrected chi connectivity index (χ0v) is 10.2. The van der Waals surface area contributed by atoms with Crippen molar-refractivity contribution in [3.05, 3.63) is 11.1 Å². The zero-order valence-electron chi connectivity index (χ0n) is 9.40. The molecular weight excluding hydrogens is 236 g/mol. The highest BCUT2D eigenvalue weighted by molar-refractivity contribution is 7.16. The summed E-state index contributed by atoms with van der Waals surface area (Å²) in [6.45, 7) is -0.165. The predicted molar refractivity (Wildman–Crippen MR) is 66.7 cm³/mol. The van der Waals surface area contributed by atoms with Crippen molar-refractivity contribution in [3.63, 3.8) is 0 Å². The Morgan fingerprint density at radius 2 is 2.47 bits per heavy atom. The molecule has 0 unspecified atom stereocenters. The molecule has 0 spiro atoms. The van der Waals surface area contributed by atoms with Crippen LogP contribution in [0.4, 0.5) is 5.13 Å². The van der Waals surface area contributed by atoms with Gasteiger partial charge in [0, 0.05) is 6.42 Å². The second-order valence-corrected chi connectivity index (χ2v) is 5.07. The Kier molecular flexibility index (Phi) is 4.13. The van der Waals surface area contributed by atoms with Gasteiger partial charge in [0.25, 0.3) is 0 Å². The summed E-state index contributed by atoms with van der Waals surface area (Å²) in [5, 5.41) is 11.9. The summed E-state index contributed by atoms with van der Waals surface area (Å²) in [5.74, 6) is 5.89. The fourth-order valence-corrected chi connectivity index (χ4v) is 2.35. The Hall–Kier alpha value is -1.38. The van der Waals surface area contributed by atoms with Gasteiger partial charge in [0.05, 0.1) is 11.1 Å². The van der Waals surface area contributed by atoms with Crippen LogP contribution in [0.5, 0.6) is 0 Å². The molecule has 0 bridgehead atoms. The number of hydrogen-bond acceptors (Lipinski definition) is 4. The molecule has 1 amide bonds. The Morgan fingerprint density at radius 1 is 1.65 bits per heavy atom. The van der Waals surface area contributed by atoms with Gasteiger partial charge >= 0.3 is 0 Å². The first-order chi connectivity index (χ1) is 8.28. The lowest BCUT2D eigenvalue weighted by Gasteiger charge is -2.24. The molecule has 0 aliphatic heterocycles. The van der Waals surface area contributed by atoms with E-state index in [9.17, 15) is 4.79 Å². The highest BCUT2D eigenvalue weighted by Crippen LogP contribution is 2.29. The van der Waals surface area contributed by atoms with Crippen LogP contribution >= 0.6 is 11.3 Å². The first-order valence-corrected chi connectivity index (χ1v) is 6.45. The van der Waals surface area contributed by atoms with E-state index in [0.29, 0.717) is 17.5 Å². The largest absolute Gasteiger partial charge is 0.384 e. The number of aliphatic hydroxyl groups is 1. The molecule has 1 aromatic heterocycles. The number of carbonyl (C=O) groups excluding carboxylic acids is 1. The van der Waals surface area contributed by atoms with Crippen LogP contribution in [0.25, 0.3) is 0 Å². The van der Waals surface area contributed by atoms with Gasteiger partial charge in [-0.1, -0.05) is 29.6 Å². The van der Waals surface area contributed by atoms with Crippen molar-refractivity contribution < 1.29 is 9.90 Å². The number of nitrogens with zero attached hydrogens (tertiary/aromatic N) is 1. The van der Waals surface area contributed by atoms with E-state index in [4.69, 9.17) is 5.11 Å². The van der Waals surface area contributed by atoms with E-state index in [0.717, 1.165) is 4.88 Å². The van der Waals surface area contributed by atoms with Gasteiger partial charge in [0.1, 0.15) is 6.61 Å². The minimum atomic E-state index is -0.165. The van der Waals surface area contributed by atoms with Crippen LogP contribution in [-0.2, 0) is 4.79 Å². The summed E-state index contributed by atoms with van der Waals surface area (Å²) in [6, 6.07) is 0. The molecule has 1 aliphatic rings. The smallest absolute Gasteiger partial charge is 0.226 e. The Labute approximate surface area is 104 Å². The number of anilines is 1. The number of nitrogens with one attached hydrogen (secondary N) is 1. The maximum absolute atomic E-state index is 11.6. The predicted octanol–water partition coefficient (Wildman–Crippen LogP) is 1.62. The van der Waals surface area contributed by atoms with Crippen LogP contribution in [0.2, 0.25) is 0 Å². The second-order valence-electron chi connectivity index (χ2n) is 4.04. The van der Waals surface area contributed by atoms with E-state index >= 15 is 0 Å². The normalized spacial score (nSPS) is 14.6. The fourth-order valence-electron chi connectivity index (χ4n) is 1.65. The van der Waals surface area contributed by atoms with Crippen molar-refractivity contribution in [2.24, 2.45) is 5.92 Å². The van der Waals surface area contributed by atoms with Crippen LogP contribution in [0, 0.1) is 17.8 Å². The minimum absolute atomic E-state index is 0.0331. The van der Waals surface area contributed by atoms with Gasteiger partial charge in [0.2, 0.25) is 5.91 Å². The van der Waals surface area contributed by atoms with Crippen LogP contribution in [0.3, 0.4) is 0 Å². The number of carbonyl (C=O) groups is 1. The highest BCUT2D eigenvalue weighted by atomic mass is 32.1. The van der Waals surface area contributed by atoms with Gasteiger partial charge in [-0.3, -0.25) is 4.79 Å². The van der Waals surface area contributed by atoms with Gasteiger partial charge < -0.3 is 10.4 Å². The molecule has 5 heteroatoms. The van der Waals surface area contributed by atoms with E-state index in [1.807, 2.05) is 0 Å². The van der Waals surface area contributed by atoms with Crippen molar-refractivity contribution in [2.75, 3.05) is 11.9 Å². The van der Waals surface area contributed by atoms with Gasteiger partial charge in [-0.25, -0.2) is 4.98 Å². The van der Waals surface area contributed by atoms with Crippen LogP contribution < -0.4 is 5.32 Å². The summed E-state index contributed by atoms with van der Waals surface area (Å²) in [6.07, 6.45) is 5.77. The molecule has 1 aromatic rings. The van der Waals surface area contributed by atoms with Gasteiger partial charge in [-0.2, -0.15) is 0 Å². The summed E-state index contributed by atoms with van der Waals surface area (Å²) in [4.78, 5) is 16.4. The van der Waals surface area contributed by atoms with Crippen molar-refractivity contribution in [3.8, 4) is 11.8 Å². The maximum Gasteiger partial charge on any atom is 0.226 e. The molecular formula is C12H14N2O2S. The van der Waals surface area contributed by atoms with Gasteiger partial charge in [0.15, 0.2) is 5.13 Å². The monoisotopic (exact) mass is 250 g/mol. The van der Waals surface area contributed by atoms with Crippen LogP contribution in [-0.4, -0.2) is 22.6 Å². The number of thiazole rings is 1. The van der Waals surface area contributed by atoms with E-state index in [1.54, 1.807) is 6.20 Å². The molecule has 90 valence electrons. The Morgan fingerprint density at radius 3 is 3.12 bits per heavy atom. The summed E-state index contributed by atoms with van der Waals surface area (Å²) >= 11 is 1.33. The van der Waals surface area contributed by atoms with Crippen molar-refractivity contribution >= 4 is 22.4 Å². The SMILES string of the molecule is O=C(CC1CCC1)Nc1ncc(C#CCO)s1. The van der Waals surface area contributed by atoms with E-state index < -0.39 is 0 Å². The molecule has 17 heavy (non-hydrogen) atoms. The lowest BCUT2D eigenvalue weighted by Crippen LogP contribution is -2.20. The summed E-state index contributed by atoms with van der Waals surface area (Å²) in [7, 11) is 0. The molecule has 1 heterocycles. The third-order valence-electron chi connectivity index (χ3n) is 2.74. The molecule has 2 N–H and O–H groups in total. The van der Waals surface area contributed by atoms with E-state index in [1.165, 1.54) is 30.6 Å². The summed E-state index contributed by atoms with van der Waals surface area (Å²) in [5.41, 5.74) is 0. The highest BCUT2D eigenvalue weighted by Gasteiger charge is 2.20. The maximum atomic E-state index is 11.6. The average Bonchev–Trinajstić information content (AvgIpc) is 2.68. The topological polar surface area (TPSA) is 62.2 Å². The van der Waals surface area contributed by atoms with Gasteiger partial charge in [-0.15, -0.1) is 0 Å². The average molecular weight is 250 g/mol. The lowest BCUT2D eigenvalue weighted by atomic mass is 9.83. The molecule has 1 saturated carbocycles. The number of aromatic nitrogens is 1. The van der Waals surface area contributed by atoms with Crippen LogP contribution in [0.1, 0.15) is 30.6 Å². The number of amides is 1. The standard InChI is InChI=1S/C12H14N2O2S/c15-6-2-5-10-8-13-12(17-10)14-11(16)7-9-3-1-4-9/h8-9,15H,1,3-4,6-7H2,(H,13,14,16). The number of rotatable bonds is 3. The van der Waals surface area contributed by atoms with Crippen molar-refractivity contribution in [1.82, 2.24) is 4.98 Å². The first kappa shape index (κ1) is 12.1. The van der Waals surface area contributed by atoms with Crippen LogP contribution in [0.15, 0.2) is 6.20 Å². The molecule has 0 aromatic carbocycles. The van der Waals surface area contributed by atoms with E-state index in [-0.39, 0.29) is 12.5 Å².